The van der Waals surface area contributed by atoms with Crippen molar-refractivity contribution in [2.24, 2.45) is 5.92 Å². The quantitative estimate of drug-likeness (QED) is 0.799. The van der Waals surface area contributed by atoms with Crippen LogP contribution in [0.2, 0.25) is 0 Å². The molecule has 106 valence electrons. The lowest BCUT2D eigenvalue weighted by atomic mass is 10.0. The summed E-state index contributed by atoms with van der Waals surface area (Å²) in [5, 5.41) is 4.66. The average molecular weight is 270 g/mol. The van der Waals surface area contributed by atoms with E-state index in [2.05, 4.69) is 35.8 Å². The highest BCUT2D eigenvalue weighted by Crippen LogP contribution is 2.29. The fraction of sp³-hybridized carbons (Fsp3) is 1.00. The lowest BCUT2D eigenvalue weighted by molar-refractivity contribution is 0.218. The van der Waals surface area contributed by atoms with Crippen LogP contribution in [0.15, 0.2) is 0 Å². The molecule has 0 aromatic carbocycles. The van der Waals surface area contributed by atoms with E-state index in [1.807, 2.05) is 0 Å². The molecule has 2 rings (SSSR count). The molecule has 0 bridgehead atoms. The second-order valence-corrected chi connectivity index (χ2v) is 7.32. The van der Waals surface area contributed by atoms with Crippen LogP contribution in [0.25, 0.3) is 0 Å². The molecule has 3 heteroatoms. The summed E-state index contributed by atoms with van der Waals surface area (Å²) in [6, 6.07) is 0.805. The maximum absolute atomic E-state index is 3.76. The van der Waals surface area contributed by atoms with Crippen molar-refractivity contribution in [3.8, 4) is 0 Å². The van der Waals surface area contributed by atoms with Crippen LogP contribution in [0.3, 0.4) is 0 Å². The van der Waals surface area contributed by atoms with Crippen molar-refractivity contribution < 1.29 is 0 Å². The van der Waals surface area contributed by atoms with Gasteiger partial charge in [-0.25, -0.2) is 0 Å². The van der Waals surface area contributed by atoms with Crippen LogP contribution in [0.5, 0.6) is 0 Å². The molecule has 1 saturated carbocycles. The number of rotatable bonds is 6. The summed E-state index contributed by atoms with van der Waals surface area (Å²) in [5.41, 5.74) is 0. The molecule has 0 aromatic rings. The summed E-state index contributed by atoms with van der Waals surface area (Å²) in [5.74, 6) is 2.26. The van der Waals surface area contributed by atoms with E-state index in [1.54, 1.807) is 0 Å². The smallest absolute Gasteiger partial charge is 0.0172 e. The third-order valence-electron chi connectivity index (χ3n) is 4.49. The van der Waals surface area contributed by atoms with Crippen molar-refractivity contribution >= 4 is 11.8 Å². The molecule has 1 saturated heterocycles. The Labute approximate surface area is 117 Å². The van der Waals surface area contributed by atoms with Crippen molar-refractivity contribution in [1.29, 1.82) is 0 Å². The number of nitrogens with one attached hydrogen (secondary N) is 1. The summed E-state index contributed by atoms with van der Waals surface area (Å²) < 4.78 is 0. The summed E-state index contributed by atoms with van der Waals surface area (Å²) in [6.07, 6.45) is 6.89. The van der Waals surface area contributed by atoms with E-state index in [0.29, 0.717) is 0 Å². The van der Waals surface area contributed by atoms with Gasteiger partial charge in [0, 0.05) is 36.7 Å². The minimum Gasteiger partial charge on any atom is -0.314 e. The Hall–Kier alpha value is 0.270. The molecule has 1 N–H and O–H groups in total. The molecule has 0 aromatic heterocycles. The van der Waals surface area contributed by atoms with Gasteiger partial charge in [0.2, 0.25) is 0 Å². The maximum Gasteiger partial charge on any atom is 0.0172 e. The molecule has 18 heavy (non-hydrogen) atoms. The molecular weight excluding hydrogens is 240 g/mol. The Morgan fingerprint density at radius 2 is 2.17 bits per heavy atom. The van der Waals surface area contributed by atoms with Crippen molar-refractivity contribution in [2.75, 3.05) is 31.9 Å². The predicted octanol–water partition coefficient (Wildman–Crippen LogP) is 2.98. The van der Waals surface area contributed by atoms with Gasteiger partial charge in [0.05, 0.1) is 0 Å². The fourth-order valence-electron chi connectivity index (χ4n) is 3.38. The second-order valence-electron chi connectivity index (χ2n) is 5.91. The third kappa shape index (κ3) is 4.14. The summed E-state index contributed by atoms with van der Waals surface area (Å²) in [7, 11) is 0. The lowest BCUT2D eigenvalue weighted by Gasteiger charge is -2.35. The van der Waals surface area contributed by atoms with E-state index < -0.39 is 0 Å². The topological polar surface area (TPSA) is 15.3 Å². The molecular formula is C15H30N2S. The van der Waals surface area contributed by atoms with Crippen LogP contribution in [0, 0.1) is 5.92 Å². The van der Waals surface area contributed by atoms with Gasteiger partial charge < -0.3 is 10.2 Å². The number of thioether (sulfide) groups is 1. The molecule has 1 heterocycles. The summed E-state index contributed by atoms with van der Waals surface area (Å²) in [6.45, 7) is 9.80. The monoisotopic (exact) mass is 270 g/mol. The number of nitrogens with zero attached hydrogens (tertiary/aromatic N) is 1. The highest BCUT2D eigenvalue weighted by Gasteiger charge is 2.29. The van der Waals surface area contributed by atoms with E-state index in [-0.39, 0.29) is 0 Å². The van der Waals surface area contributed by atoms with E-state index in [4.69, 9.17) is 0 Å². The van der Waals surface area contributed by atoms with Gasteiger partial charge in [-0.1, -0.05) is 20.3 Å². The van der Waals surface area contributed by atoms with E-state index in [9.17, 15) is 0 Å². The first-order chi connectivity index (χ1) is 8.83. The largest absolute Gasteiger partial charge is 0.314 e. The Bertz CT molecular complexity index is 235. The van der Waals surface area contributed by atoms with Gasteiger partial charge in [-0.3, -0.25) is 0 Å². The van der Waals surface area contributed by atoms with Crippen LogP contribution in [-0.4, -0.2) is 48.1 Å². The molecule has 3 atom stereocenters. The first-order valence-corrected chi connectivity index (χ1v) is 8.95. The maximum atomic E-state index is 3.76. The van der Waals surface area contributed by atoms with Crippen LogP contribution >= 0.6 is 11.8 Å². The first kappa shape index (κ1) is 14.7. The molecule has 1 aliphatic carbocycles. The van der Waals surface area contributed by atoms with Gasteiger partial charge >= 0.3 is 0 Å². The van der Waals surface area contributed by atoms with Crippen LogP contribution in [-0.2, 0) is 0 Å². The highest BCUT2D eigenvalue weighted by molar-refractivity contribution is 8.00. The normalized spacial score (nSPS) is 34.0. The van der Waals surface area contributed by atoms with Gasteiger partial charge in [0.1, 0.15) is 0 Å². The molecule has 3 unspecified atom stereocenters. The fourth-order valence-corrected chi connectivity index (χ4v) is 4.63. The van der Waals surface area contributed by atoms with Gasteiger partial charge in [0.25, 0.3) is 0 Å². The predicted molar refractivity (Wildman–Crippen MR) is 82.4 cm³/mol. The van der Waals surface area contributed by atoms with Crippen LogP contribution in [0.4, 0.5) is 0 Å². The van der Waals surface area contributed by atoms with Crippen molar-refractivity contribution in [1.82, 2.24) is 10.2 Å². The summed E-state index contributed by atoms with van der Waals surface area (Å²) in [4.78, 5) is 2.74. The third-order valence-corrected chi connectivity index (χ3v) is 5.86. The number of hydrogen-bond acceptors (Lipinski definition) is 3. The molecule has 0 radical (unpaired) electrons. The zero-order valence-corrected chi connectivity index (χ0v) is 13.0. The Balaban J connectivity index is 1.76. The van der Waals surface area contributed by atoms with E-state index in [1.165, 1.54) is 64.0 Å². The van der Waals surface area contributed by atoms with E-state index >= 15 is 0 Å². The standard InChI is InChI=1S/C15H30N2S/c1-3-8-16-15-7-5-6-13(15)11-17-9-10-18-14(4-2)12-17/h13-16H,3-12H2,1-2H3. The van der Waals surface area contributed by atoms with Gasteiger partial charge in [0.15, 0.2) is 0 Å². The molecule has 2 aliphatic rings. The van der Waals surface area contributed by atoms with Crippen molar-refractivity contribution in [2.45, 2.75) is 57.2 Å². The minimum atomic E-state index is 0.805. The van der Waals surface area contributed by atoms with E-state index in [0.717, 1.165) is 17.2 Å². The molecule has 0 spiro atoms. The Kier molecular flexibility index (Phi) is 6.33. The van der Waals surface area contributed by atoms with Gasteiger partial charge in [-0.15, -0.1) is 0 Å². The summed E-state index contributed by atoms with van der Waals surface area (Å²) >= 11 is 2.18. The molecule has 1 aliphatic heterocycles. The minimum absolute atomic E-state index is 0.805. The molecule has 2 fully saturated rings. The second kappa shape index (κ2) is 7.76. The van der Waals surface area contributed by atoms with Crippen molar-refractivity contribution in [3.05, 3.63) is 0 Å². The van der Waals surface area contributed by atoms with Crippen molar-refractivity contribution in [3.63, 3.8) is 0 Å². The zero-order valence-electron chi connectivity index (χ0n) is 12.2. The SMILES string of the molecule is CCCNC1CCCC1CN1CCSC(CC)C1. The lowest BCUT2D eigenvalue weighted by Crippen LogP contribution is -2.44. The highest BCUT2D eigenvalue weighted by atomic mass is 32.2. The average Bonchev–Trinajstić information content (AvgIpc) is 2.84. The van der Waals surface area contributed by atoms with Gasteiger partial charge in [-0.05, 0) is 38.1 Å². The Morgan fingerprint density at radius 3 is 2.94 bits per heavy atom. The van der Waals surface area contributed by atoms with Gasteiger partial charge in [-0.2, -0.15) is 11.8 Å². The first-order valence-electron chi connectivity index (χ1n) is 7.90. The van der Waals surface area contributed by atoms with Crippen LogP contribution in [0.1, 0.15) is 46.0 Å². The number of hydrogen-bond donors (Lipinski definition) is 1. The molecule has 0 amide bonds. The zero-order chi connectivity index (χ0) is 12.8. The van der Waals surface area contributed by atoms with Crippen LogP contribution < -0.4 is 5.32 Å². The Morgan fingerprint density at radius 1 is 1.28 bits per heavy atom. The molecule has 2 nitrogen and oxygen atoms in total.